The maximum absolute atomic E-state index is 12.3. The molecule has 0 saturated carbocycles. The van der Waals surface area contributed by atoms with Crippen LogP contribution in [0.25, 0.3) is 0 Å². The number of halogens is 1. The van der Waals surface area contributed by atoms with Gasteiger partial charge < -0.3 is 15.0 Å². The SMILES string of the molecule is COC(=O)C(NC(=O)c1ccc(N(C)C)nc1)c1ccc(Cl)s1. The summed E-state index contributed by atoms with van der Waals surface area (Å²) in [5.41, 5.74) is 0.354. The Bertz CT molecular complexity index is 700. The van der Waals surface area contributed by atoms with E-state index >= 15 is 0 Å². The van der Waals surface area contributed by atoms with Gasteiger partial charge in [0.15, 0.2) is 6.04 Å². The average Bonchev–Trinajstić information content (AvgIpc) is 2.97. The van der Waals surface area contributed by atoms with Gasteiger partial charge in [-0.25, -0.2) is 9.78 Å². The van der Waals surface area contributed by atoms with Crippen molar-refractivity contribution in [3.63, 3.8) is 0 Å². The Morgan fingerprint density at radius 1 is 1.30 bits per heavy atom. The third-order valence-corrected chi connectivity index (χ3v) is 4.36. The summed E-state index contributed by atoms with van der Waals surface area (Å²) in [6.45, 7) is 0. The fourth-order valence-corrected chi connectivity index (χ4v) is 2.95. The van der Waals surface area contributed by atoms with Gasteiger partial charge in [-0.15, -0.1) is 11.3 Å². The van der Waals surface area contributed by atoms with Crippen LogP contribution >= 0.6 is 22.9 Å². The van der Waals surface area contributed by atoms with Crippen LogP contribution in [-0.2, 0) is 9.53 Å². The highest BCUT2D eigenvalue weighted by molar-refractivity contribution is 7.16. The quantitative estimate of drug-likeness (QED) is 0.836. The third kappa shape index (κ3) is 4.20. The Hall–Kier alpha value is -2.12. The topological polar surface area (TPSA) is 71.5 Å². The molecule has 122 valence electrons. The number of hydrogen-bond acceptors (Lipinski definition) is 6. The van der Waals surface area contributed by atoms with Crippen molar-refractivity contribution in [3.05, 3.63) is 45.2 Å². The summed E-state index contributed by atoms with van der Waals surface area (Å²) in [6, 6.07) is 5.81. The maximum Gasteiger partial charge on any atom is 0.333 e. The highest BCUT2D eigenvalue weighted by Crippen LogP contribution is 2.28. The molecule has 1 atom stereocenters. The molecule has 2 aromatic heterocycles. The van der Waals surface area contributed by atoms with E-state index in [0.29, 0.717) is 14.8 Å². The minimum atomic E-state index is -0.904. The van der Waals surface area contributed by atoms with E-state index in [9.17, 15) is 9.59 Å². The third-order valence-electron chi connectivity index (χ3n) is 3.06. The van der Waals surface area contributed by atoms with E-state index in [0.717, 1.165) is 5.82 Å². The van der Waals surface area contributed by atoms with Gasteiger partial charge in [0, 0.05) is 25.2 Å². The van der Waals surface area contributed by atoms with Crippen LogP contribution in [0.2, 0.25) is 4.34 Å². The Kier molecular flexibility index (Phi) is 5.57. The van der Waals surface area contributed by atoms with Gasteiger partial charge in [-0.3, -0.25) is 4.79 Å². The van der Waals surface area contributed by atoms with E-state index < -0.39 is 17.9 Å². The van der Waals surface area contributed by atoms with Gasteiger partial charge in [0.05, 0.1) is 17.0 Å². The molecule has 6 nitrogen and oxygen atoms in total. The predicted octanol–water partition coefficient (Wildman–Crippen LogP) is 2.51. The zero-order valence-corrected chi connectivity index (χ0v) is 14.4. The van der Waals surface area contributed by atoms with Crippen molar-refractivity contribution in [3.8, 4) is 0 Å². The summed E-state index contributed by atoms with van der Waals surface area (Å²) in [5, 5.41) is 2.65. The van der Waals surface area contributed by atoms with Crippen molar-refractivity contribution in [2.45, 2.75) is 6.04 Å². The Balaban J connectivity index is 2.18. The molecule has 0 aliphatic heterocycles. The predicted molar refractivity (Wildman–Crippen MR) is 90.1 cm³/mol. The molecule has 0 aromatic carbocycles. The number of aromatic nitrogens is 1. The van der Waals surface area contributed by atoms with Crippen LogP contribution in [0.15, 0.2) is 30.5 Å². The molecule has 2 heterocycles. The average molecular weight is 354 g/mol. The summed E-state index contributed by atoms with van der Waals surface area (Å²) in [5.74, 6) is -0.242. The zero-order valence-electron chi connectivity index (χ0n) is 12.9. The molecule has 0 aliphatic carbocycles. The van der Waals surface area contributed by atoms with E-state index in [4.69, 9.17) is 16.3 Å². The first-order valence-electron chi connectivity index (χ1n) is 6.69. The number of ether oxygens (including phenoxy) is 1. The van der Waals surface area contributed by atoms with Crippen LogP contribution in [0.5, 0.6) is 0 Å². The second-order valence-corrected chi connectivity index (χ2v) is 6.62. The van der Waals surface area contributed by atoms with Gasteiger partial charge >= 0.3 is 5.97 Å². The fourth-order valence-electron chi connectivity index (χ4n) is 1.85. The summed E-state index contributed by atoms with van der Waals surface area (Å²) in [7, 11) is 4.98. The molecule has 0 fully saturated rings. The molecular formula is C15H16ClN3O3S. The normalized spacial score (nSPS) is 11.7. The number of rotatable bonds is 5. The largest absolute Gasteiger partial charge is 0.467 e. The number of anilines is 1. The molecule has 8 heteroatoms. The summed E-state index contributed by atoms with van der Waals surface area (Å²) in [4.78, 5) is 30.9. The molecule has 2 aromatic rings. The molecular weight excluding hydrogens is 338 g/mol. The second kappa shape index (κ2) is 7.43. The van der Waals surface area contributed by atoms with Crippen molar-refractivity contribution in [2.75, 3.05) is 26.1 Å². The van der Waals surface area contributed by atoms with Gasteiger partial charge in [0.25, 0.3) is 5.91 Å². The van der Waals surface area contributed by atoms with Crippen molar-refractivity contribution < 1.29 is 14.3 Å². The monoisotopic (exact) mass is 353 g/mol. The zero-order chi connectivity index (χ0) is 17.0. The van der Waals surface area contributed by atoms with Crippen LogP contribution in [0, 0.1) is 0 Å². The van der Waals surface area contributed by atoms with Crippen LogP contribution in [-0.4, -0.2) is 38.1 Å². The number of esters is 1. The smallest absolute Gasteiger partial charge is 0.333 e. The first kappa shape index (κ1) is 17.2. The number of hydrogen-bond donors (Lipinski definition) is 1. The molecule has 0 aliphatic rings. The van der Waals surface area contributed by atoms with E-state index in [2.05, 4.69) is 10.3 Å². The maximum atomic E-state index is 12.3. The second-order valence-electron chi connectivity index (χ2n) is 4.87. The molecule has 1 unspecified atom stereocenters. The molecule has 1 amide bonds. The lowest BCUT2D eigenvalue weighted by molar-refractivity contribution is -0.143. The lowest BCUT2D eigenvalue weighted by Gasteiger charge is -2.15. The Morgan fingerprint density at radius 3 is 2.52 bits per heavy atom. The highest BCUT2D eigenvalue weighted by Gasteiger charge is 2.25. The van der Waals surface area contributed by atoms with Gasteiger partial charge in [-0.05, 0) is 24.3 Å². The number of methoxy groups -OCH3 is 1. The van der Waals surface area contributed by atoms with Crippen LogP contribution < -0.4 is 10.2 Å². The molecule has 0 spiro atoms. The number of pyridine rings is 1. The fraction of sp³-hybridized carbons (Fsp3) is 0.267. The summed E-state index contributed by atoms with van der Waals surface area (Å²) >= 11 is 7.10. The number of amides is 1. The lowest BCUT2D eigenvalue weighted by atomic mass is 10.2. The molecule has 1 N–H and O–H groups in total. The summed E-state index contributed by atoms with van der Waals surface area (Å²) in [6.07, 6.45) is 1.46. The van der Waals surface area contributed by atoms with Crippen molar-refractivity contribution >= 4 is 40.6 Å². The minimum Gasteiger partial charge on any atom is -0.467 e. The number of nitrogens with one attached hydrogen (secondary N) is 1. The molecule has 0 bridgehead atoms. The van der Waals surface area contributed by atoms with Gasteiger partial charge in [-0.2, -0.15) is 0 Å². The number of carbonyl (C=O) groups excluding carboxylic acids is 2. The van der Waals surface area contributed by atoms with Crippen molar-refractivity contribution in [1.29, 1.82) is 0 Å². The van der Waals surface area contributed by atoms with E-state index in [1.807, 2.05) is 19.0 Å². The van der Waals surface area contributed by atoms with Crippen LogP contribution in [0.3, 0.4) is 0 Å². The highest BCUT2D eigenvalue weighted by atomic mass is 35.5. The molecule has 23 heavy (non-hydrogen) atoms. The molecule has 0 radical (unpaired) electrons. The van der Waals surface area contributed by atoms with Crippen molar-refractivity contribution in [2.24, 2.45) is 0 Å². The molecule has 2 rings (SSSR count). The lowest BCUT2D eigenvalue weighted by Crippen LogP contribution is -2.34. The first-order chi connectivity index (χ1) is 10.9. The van der Waals surface area contributed by atoms with E-state index in [-0.39, 0.29) is 0 Å². The molecule has 0 saturated heterocycles. The van der Waals surface area contributed by atoms with E-state index in [1.165, 1.54) is 24.6 Å². The standard InChI is InChI=1S/C15H16ClN3O3S/c1-19(2)12-7-4-9(8-17-12)14(20)18-13(15(21)22-3)10-5-6-11(16)23-10/h4-8,13H,1-3H3,(H,18,20). The Labute approximate surface area is 143 Å². The number of thiophene rings is 1. The van der Waals surface area contributed by atoms with Crippen molar-refractivity contribution in [1.82, 2.24) is 10.3 Å². The van der Waals surface area contributed by atoms with Gasteiger partial charge in [0.2, 0.25) is 0 Å². The van der Waals surface area contributed by atoms with E-state index in [1.54, 1.807) is 24.3 Å². The number of nitrogens with zero attached hydrogens (tertiary/aromatic N) is 2. The minimum absolute atomic E-state index is 0.354. The van der Waals surface area contributed by atoms with Gasteiger partial charge in [-0.1, -0.05) is 11.6 Å². The van der Waals surface area contributed by atoms with Crippen LogP contribution in [0.1, 0.15) is 21.3 Å². The van der Waals surface area contributed by atoms with Crippen LogP contribution in [0.4, 0.5) is 5.82 Å². The van der Waals surface area contributed by atoms with Gasteiger partial charge in [0.1, 0.15) is 5.82 Å². The Morgan fingerprint density at radius 2 is 2.04 bits per heavy atom. The first-order valence-corrected chi connectivity index (χ1v) is 7.89. The number of carbonyl (C=O) groups is 2. The summed E-state index contributed by atoms with van der Waals surface area (Å²) < 4.78 is 5.28.